The maximum atomic E-state index is 14.5. The fourth-order valence-electron chi connectivity index (χ4n) is 9.58. The predicted octanol–water partition coefficient (Wildman–Crippen LogP) is 9.84. The Labute approximate surface area is 426 Å². The van der Waals surface area contributed by atoms with Gasteiger partial charge in [-0.15, -0.1) is 0 Å². The minimum Gasteiger partial charge on any atom is -0.497 e. The van der Waals surface area contributed by atoms with E-state index in [-0.39, 0.29) is 63.2 Å². The third kappa shape index (κ3) is 16.7. The number of aliphatic hydroxyl groups is 1. The molecule has 4 heterocycles. The standard InChI is InChI=1S/C58H76O14/c1-9-10-11-12-16-19-53(59)71-56-44(31-54(60)64-8)30-51-34-52(41(4)67-38-65-36-42-17-14-13-15-18-42)70-55(61)35-47(66-37-43-20-22-45(63-7)23-21-43)32-48-28-40(3)29-50(69-48)33-49-27-39(2)26-46(68-49)24-25-57(5,6)58(56,62)72-51/h11-25,31,41,46-52,56,62H,2-3,9-10,26-30,32-38H2,1,4-8H3/b12-11+,19-16+,25-24+,44-31+/t41-,46+,47-,48+,49+,50-,51+,52-,56+,58-/m1/s1. The second kappa shape index (κ2) is 27.2. The first kappa shape index (κ1) is 56.1. The first-order valence-corrected chi connectivity index (χ1v) is 25.3. The number of carbonyl (C=O) groups excluding carboxylic acids is 3. The highest BCUT2D eigenvalue weighted by atomic mass is 16.7. The molecule has 0 aromatic heterocycles. The van der Waals surface area contributed by atoms with Gasteiger partial charge in [-0.25, -0.2) is 9.59 Å². The lowest BCUT2D eigenvalue weighted by molar-refractivity contribution is -0.327. The van der Waals surface area contributed by atoms with E-state index >= 15 is 0 Å². The number of unbranched alkanes of at least 4 members (excludes halogenated alkanes) is 1. The Balaban J connectivity index is 1.38. The third-order valence-corrected chi connectivity index (χ3v) is 13.5. The van der Waals surface area contributed by atoms with Gasteiger partial charge in [0.05, 0.1) is 76.6 Å². The normalized spacial score (nSPS) is 29.8. The summed E-state index contributed by atoms with van der Waals surface area (Å²) in [4.78, 5) is 41.3. The van der Waals surface area contributed by atoms with Crippen LogP contribution in [0.4, 0.5) is 0 Å². The monoisotopic (exact) mass is 997 g/mol. The lowest BCUT2D eigenvalue weighted by Gasteiger charge is -2.51. The molecule has 14 nitrogen and oxygen atoms in total. The van der Waals surface area contributed by atoms with E-state index in [9.17, 15) is 19.5 Å². The molecule has 0 aliphatic carbocycles. The van der Waals surface area contributed by atoms with Gasteiger partial charge in [0.2, 0.25) is 5.79 Å². The molecule has 392 valence electrons. The topological polar surface area (TPSA) is 164 Å². The Morgan fingerprint density at radius 2 is 1.53 bits per heavy atom. The molecule has 0 amide bonds. The number of rotatable bonds is 16. The van der Waals surface area contributed by atoms with Gasteiger partial charge in [0.25, 0.3) is 0 Å². The van der Waals surface area contributed by atoms with Gasteiger partial charge in [0, 0.05) is 36.8 Å². The Bertz CT molecular complexity index is 2230. The lowest BCUT2D eigenvalue weighted by Crippen LogP contribution is -2.62. The lowest BCUT2D eigenvalue weighted by atomic mass is 9.74. The van der Waals surface area contributed by atoms with Gasteiger partial charge in [-0.3, -0.25) is 4.79 Å². The van der Waals surface area contributed by atoms with E-state index < -0.39 is 65.7 Å². The van der Waals surface area contributed by atoms with Crippen LogP contribution in [0.2, 0.25) is 0 Å². The van der Waals surface area contributed by atoms with Gasteiger partial charge in [0.1, 0.15) is 18.6 Å². The molecule has 1 N–H and O–H groups in total. The van der Waals surface area contributed by atoms with Crippen LogP contribution in [-0.4, -0.2) is 105 Å². The number of ether oxygens (including phenoxy) is 10. The van der Waals surface area contributed by atoms with Crippen molar-refractivity contribution in [1.29, 1.82) is 0 Å². The second-order valence-electron chi connectivity index (χ2n) is 19.9. The first-order chi connectivity index (χ1) is 34.6. The highest BCUT2D eigenvalue weighted by Gasteiger charge is 2.58. The van der Waals surface area contributed by atoms with Crippen molar-refractivity contribution in [3.63, 3.8) is 0 Å². The maximum absolute atomic E-state index is 14.5. The van der Waals surface area contributed by atoms with Crippen molar-refractivity contribution in [3.8, 4) is 5.75 Å². The van der Waals surface area contributed by atoms with Crippen LogP contribution >= 0.6 is 0 Å². The fourth-order valence-corrected chi connectivity index (χ4v) is 9.58. The molecule has 10 atom stereocenters. The molecule has 0 spiro atoms. The number of allylic oxidation sites excluding steroid dienone is 3. The summed E-state index contributed by atoms with van der Waals surface area (Å²) in [5.74, 6) is -3.66. The van der Waals surface area contributed by atoms with Gasteiger partial charge in [0.15, 0.2) is 6.10 Å². The van der Waals surface area contributed by atoms with Crippen LogP contribution in [0.3, 0.4) is 0 Å². The molecule has 6 rings (SSSR count). The molecule has 14 heteroatoms. The Morgan fingerprint density at radius 3 is 2.24 bits per heavy atom. The molecule has 6 bridgehead atoms. The van der Waals surface area contributed by atoms with Gasteiger partial charge in [-0.05, 0) is 74.3 Å². The summed E-state index contributed by atoms with van der Waals surface area (Å²) in [6.45, 7) is 16.5. The van der Waals surface area contributed by atoms with E-state index in [1.54, 1.807) is 46.1 Å². The van der Waals surface area contributed by atoms with Crippen LogP contribution in [0.25, 0.3) is 0 Å². The number of esters is 3. The van der Waals surface area contributed by atoms with E-state index in [2.05, 4.69) is 20.1 Å². The molecule has 72 heavy (non-hydrogen) atoms. The number of hydrogen-bond donors (Lipinski definition) is 1. The average Bonchev–Trinajstić information content (AvgIpc) is 3.34. The van der Waals surface area contributed by atoms with E-state index in [1.807, 2.05) is 66.7 Å². The summed E-state index contributed by atoms with van der Waals surface area (Å²) in [7, 11) is 2.85. The smallest absolute Gasteiger partial charge is 0.331 e. The van der Waals surface area contributed by atoms with Crippen LogP contribution in [-0.2, 0) is 70.2 Å². The molecule has 4 aliphatic rings. The van der Waals surface area contributed by atoms with Gasteiger partial charge >= 0.3 is 17.9 Å². The van der Waals surface area contributed by atoms with Crippen molar-refractivity contribution >= 4 is 17.9 Å². The molecule has 3 fully saturated rings. The zero-order valence-electron chi connectivity index (χ0n) is 43.0. The Morgan fingerprint density at radius 1 is 0.833 bits per heavy atom. The summed E-state index contributed by atoms with van der Waals surface area (Å²) < 4.78 is 61.9. The number of hydrogen-bond acceptors (Lipinski definition) is 14. The minimum absolute atomic E-state index is 0.0210. The van der Waals surface area contributed by atoms with Crippen LogP contribution in [0.5, 0.6) is 5.75 Å². The molecular formula is C58H76O14. The van der Waals surface area contributed by atoms with Crippen LogP contribution in [0.15, 0.2) is 127 Å². The summed E-state index contributed by atoms with van der Waals surface area (Å²) in [6, 6.07) is 17.2. The fraction of sp³-hybridized carbons (Fsp3) is 0.534. The van der Waals surface area contributed by atoms with Crippen molar-refractivity contribution in [3.05, 3.63) is 138 Å². The molecular weight excluding hydrogens is 921 g/mol. The molecule has 0 radical (unpaired) electrons. The molecule has 2 aromatic carbocycles. The van der Waals surface area contributed by atoms with Crippen molar-refractivity contribution in [2.24, 2.45) is 5.41 Å². The SMILES string of the molecule is C=C1C[C@@H]2C[C@@H]3CC(=C)C[C@H](/C=C/C(C)(C)[C@]4(O)O[C@@H](C/C(=C\C(=O)OC)[C@@H]4OC(=O)/C=C/C=C/CCC)C[C@H]([C@@H](C)OCOCc4ccccc4)OC(=O)C[C@H](OCc4ccc(OC)cc4)C[C@H](C1)O2)O3. The van der Waals surface area contributed by atoms with E-state index in [0.717, 1.165) is 35.1 Å². The van der Waals surface area contributed by atoms with Crippen molar-refractivity contribution in [1.82, 2.24) is 0 Å². The van der Waals surface area contributed by atoms with Gasteiger partial charge in [-0.1, -0.05) is 124 Å². The van der Waals surface area contributed by atoms with Crippen LogP contribution in [0.1, 0.15) is 109 Å². The average molecular weight is 997 g/mol. The highest BCUT2D eigenvalue weighted by Crippen LogP contribution is 2.47. The zero-order chi connectivity index (χ0) is 51.7. The number of carbonyl (C=O) groups is 3. The molecule has 2 aromatic rings. The summed E-state index contributed by atoms with van der Waals surface area (Å²) in [5.41, 5.74) is 2.80. The van der Waals surface area contributed by atoms with Crippen molar-refractivity contribution in [2.75, 3.05) is 21.0 Å². The van der Waals surface area contributed by atoms with E-state index in [0.29, 0.717) is 44.3 Å². The second-order valence-corrected chi connectivity index (χ2v) is 19.9. The number of benzene rings is 2. The van der Waals surface area contributed by atoms with Crippen LogP contribution < -0.4 is 4.74 Å². The summed E-state index contributed by atoms with van der Waals surface area (Å²) in [5, 5.41) is 13.2. The number of fused-ring (bicyclic) bond motifs is 6. The van der Waals surface area contributed by atoms with Crippen LogP contribution in [0, 0.1) is 5.41 Å². The maximum Gasteiger partial charge on any atom is 0.331 e. The molecule has 3 saturated heterocycles. The Kier molecular flexibility index (Phi) is 21.2. The highest BCUT2D eigenvalue weighted by molar-refractivity contribution is 5.84. The number of cyclic esters (lactones) is 1. The van der Waals surface area contributed by atoms with Gasteiger partial charge in [-0.2, -0.15) is 0 Å². The summed E-state index contributed by atoms with van der Waals surface area (Å²) in [6.07, 6.45) is 10.4. The molecule has 0 saturated carbocycles. The quantitative estimate of drug-likeness (QED) is 0.0321. The first-order valence-electron chi connectivity index (χ1n) is 25.3. The van der Waals surface area contributed by atoms with E-state index in [1.165, 1.54) is 19.3 Å². The van der Waals surface area contributed by atoms with Crippen molar-refractivity contribution < 1.29 is 66.9 Å². The predicted molar refractivity (Wildman–Crippen MR) is 271 cm³/mol. The van der Waals surface area contributed by atoms with Gasteiger partial charge < -0.3 is 52.5 Å². The zero-order valence-corrected chi connectivity index (χ0v) is 43.0. The molecule has 4 aliphatic heterocycles. The number of methoxy groups -OCH3 is 2. The largest absolute Gasteiger partial charge is 0.497 e. The Hall–Kier alpha value is -5.19. The third-order valence-electron chi connectivity index (χ3n) is 13.5. The minimum atomic E-state index is -2.32. The van der Waals surface area contributed by atoms with E-state index in [4.69, 9.17) is 47.4 Å². The van der Waals surface area contributed by atoms with Crippen molar-refractivity contribution in [2.45, 2.75) is 172 Å². The molecule has 0 unspecified atom stereocenters. The summed E-state index contributed by atoms with van der Waals surface area (Å²) >= 11 is 0.